The molecule has 140 valence electrons. The summed E-state index contributed by atoms with van der Waals surface area (Å²) in [5, 5.41) is 3.39. The summed E-state index contributed by atoms with van der Waals surface area (Å²) < 4.78 is 5.07. The zero-order valence-corrected chi connectivity index (χ0v) is 16.2. The van der Waals surface area contributed by atoms with Crippen molar-refractivity contribution in [2.24, 2.45) is 0 Å². The van der Waals surface area contributed by atoms with Gasteiger partial charge < -0.3 is 10.1 Å². The molecule has 0 radical (unpaired) electrons. The maximum atomic E-state index is 12.2. The third kappa shape index (κ3) is 6.24. The molecule has 0 aliphatic heterocycles. The molecule has 2 aromatic carbocycles. The number of benzene rings is 2. The summed E-state index contributed by atoms with van der Waals surface area (Å²) in [7, 11) is 0. The third-order valence-electron chi connectivity index (χ3n) is 3.55. The number of rotatable bonds is 6. The van der Waals surface area contributed by atoms with E-state index >= 15 is 0 Å². The molecule has 1 amide bonds. The van der Waals surface area contributed by atoms with Crippen LogP contribution in [0.15, 0.2) is 48.5 Å². The van der Waals surface area contributed by atoms with Gasteiger partial charge in [0.15, 0.2) is 11.9 Å². The fourth-order valence-corrected chi connectivity index (χ4v) is 2.41. The maximum absolute atomic E-state index is 12.2. The number of ketones is 1. The Bertz CT molecular complexity index is 909. The van der Waals surface area contributed by atoms with Gasteiger partial charge in [-0.3, -0.25) is 9.59 Å². The molecule has 27 heavy (non-hydrogen) atoms. The molecule has 1 N–H and O–H groups in total. The molecule has 0 bridgehead atoms. The minimum atomic E-state index is -1.02. The van der Waals surface area contributed by atoms with E-state index in [1.165, 1.54) is 26.0 Å². The van der Waals surface area contributed by atoms with Gasteiger partial charge in [-0.2, -0.15) is 0 Å². The van der Waals surface area contributed by atoms with Crippen LogP contribution < -0.4 is 5.32 Å². The molecule has 0 saturated heterocycles. The first-order chi connectivity index (χ1) is 12.8. The molecule has 0 fully saturated rings. The van der Waals surface area contributed by atoms with Crippen molar-refractivity contribution in [3.05, 3.63) is 69.7 Å². The molecule has 0 heterocycles. The summed E-state index contributed by atoms with van der Waals surface area (Å²) in [5.74, 6) is -1.30. The monoisotopic (exact) mass is 405 g/mol. The molecule has 2 aromatic rings. The van der Waals surface area contributed by atoms with Crippen molar-refractivity contribution in [2.45, 2.75) is 20.0 Å². The van der Waals surface area contributed by atoms with Crippen LogP contribution in [-0.2, 0) is 14.3 Å². The van der Waals surface area contributed by atoms with Gasteiger partial charge in [-0.15, -0.1) is 0 Å². The Morgan fingerprint density at radius 2 is 1.81 bits per heavy atom. The molecule has 0 spiro atoms. The molecule has 0 aliphatic rings. The van der Waals surface area contributed by atoms with E-state index in [0.717, 1.165) is 0 Å². The number of Topliss-reactive ketones (excluding diaryl/α,β-unsaturated/α-hetero) is 1. The number of halogens is 2. The van der Waals surface area contributed by atoms with Gasteiger partial charge in [0.1, 0.15) is 0 Å². The van der Waals surface area contributed by atoms with E-state index in [9.17, 15) is 14.4 Å². The molecule has 2 rings (SSSR count). The Morgan fingerprint density at radius 1 is 1.07 bits per heavy atom. The van der Waals surface area contributed by atoms with Crippen LogP contribution in [0.1, 0.15) is 29.8 Å². The molecule has 0 saturated carbocycles. The zero-order valence-electron chi connectivity index (χ0n) is 14.7. The highest BCUT2D eigenvalue weighted by molar-refractivity contribution is 6.42. The van der Waals surface area contributed by atoms with Gasteiger partial charge >= 0.3 is 5.97 Å². The number of hydrogen-bond donors (Lipinski definition) is 1. The lowest BCUT2D eigenvalue weighted by molar-refractivity contribution is -0.148. The average Bonchev–Trinajstić information content (AvgIpc) is 2.62. The normalized spacial score (nSPS) is 11.9. The van der Waals surface area contributed by atoms with E-state index in [1.807, 2.05) is 0 Å². The smallest absolute Gasteiger partial charge is 0.331 e. The van der Waals surface area contributed by atoms with E-state index in [1.54, 1.807) is 42.5 Å². The van der Waals surface area contributed by atoms with E-state index in [-0.39, 0.29) is 5.78 Å². The zero-order chi connectivity index (χ0) is 20.0. The highest BCUT2D eigenvalue weighted by Gasteiger charge is 2.17. The highest BCUT2D eigenvalue weighted by atomic mass is 35.5. The quantitative estimate of drug-likeness (QED) is 0.426. The SMILES string of the molecule is CC(=O)c1cccc(NC(=O)C(C)OC(=O)/C=C/c2ccc(Cl)c(Cl)c2)c1. The van der Waals surface area contributed by atoms with Gasteiger partial charge in [0.05, 0.1) is 10.0 Å². The fraction of sp³-hybridized carbons (Fsp3) is 0.150. The van der Waals surface area contributed by atoms with Crippen molar-refractivity contribution in [1.29, 1.82) is 0 Å². The summed E-state index contributed by atoms with van der Waals surface area (Å²) in [5.41, 5.74) is 1.59. The summed E-state index contributed by atoms with van der Waals surface area (Å²) in [6, 6.07) is 11.4. The Balaban J connectivity index is 1.94. The third-order valence-corrected chi connectivity index (χ3v) is 4.29. The first-order valence-electron chi connectivity index (χ1n) is 8.02. The van der Waals surface area contributed by atoms with Crippen molar-refractivity contribution in [3.8, 4) is 0 Å². The van der Waals surface area contributed by atoms with Crippen LogP contribution in [0.3, 0.4) is 0 Å². The van der Waals surface area contributed by atoms with Gasteiger partial charge in [-0.1, -0.05) is 41.4 Å². The van der Waals surface area contributed by atoms with E-state index < -0.39 is 18.0 Å². The van der Waals surface area contributed by atoms with Crippen LogP contribution in [0.2, 0.25) is 10.0 Å². The lowest BCUT2D eigenvalue weighted by Gasteiger charge is -2.12. The van der Waals surface area contributed by atoms with Crippen LogP contribution in [0.4, 0.5) is 5.69 Å². The van der Waals surface area contributed by atoms with Gasteiger partial charge in [0.2, 0.25) is 0 Å². The first kappa shape index (κ1) is 20.7. The predicted molar refractivity (Wildman–Crippen MR) is 106 cm³/mol. The van der Waals surface area contributed by atoms with E-state index in [4.69, 9.17) is 27.9 Å². The van der Waals surface area contributed by atoms with Crippen LogP contribution in [0, 0.1) is 0 Å². The van der Waals surface area contributed by atoms with Crippen LogP contribution >= 0.6 is 23.2 Å². The van der Waals surface area contributed by atoms with E-state index in [2.05, 4.69) is 5.32 Å². The van der Waals surface area contributed by atoms with Crippen molar-refractivity contribution in [2.75, 3.05) is 5.32 Å². The first-order valence-corrected chi connectivity index (χ1v) is 8.77. The highest BCUT2D eigenvalue weighted by Crippen LogP contribution is 2.23. The second kappa shape index (κ2) is 9.35. The van der Waals surface area contributed by atoms with Gasteiger partial charge in [0, 0.05) is 17.3 Å². The minimum Gasteiger partial charge on any atom is -0.449 e. The molecule has 1 unspecified atom stereocenters. The predicted octanol–water partition coefficient (Wildman–Crippen LogP) is 4.78. The number of nitrogens with one attached hydrogen (secondary N) is 1. The Kier molecular flexibility index (Phi) is 7.16. The molecular formula is C20H17Cl2NO4. The largest absolute Gasteiger partial charge is 0.449 e. The second-order valence-electron chi connectivity index (χ2n) is 5.71. The standard InChI is InChI=1S/C20H17Cl2NO4/c1-12(24)15-4-3-5-16(11-15)23-20(26)13(2)27-19(25)9-7-14-6-8-17(21)18(22)10-14/h3-11,13H,1-2H3,(H,23,26)/b9-7+. The number of anilines is 1. The number of amides is 1. The second-order valence-corrected chi connectivity index (χ2v) is 6.53. The van der Waals surface area contributed by atoms with Crippen LogP contribution in [0.5, 0.6) is 0 Å². The summed E-state index contributed by atoms with van der Waals surface area (Å²) in [4.78, 5) is 35.4. The molecule has 7 heteroatoms. The Hall–Kier alpha value is -2.63. The molecule has 1 atom stereocenters. The molecular weight excluding hydrogens is 389 g/mol. The van der Waals surface area contributed by atoms with Gasteiger partial charge in [-0.25, -0.2) is 4.79 Å². The topological polar surface area (TPSA) is 72.5 Å². The Morgan fingerprint density at radius 3 is 2.48 bits per heavy atom. The lowest BCUT2D eigenvalue weighted by atomic mass is 10.1. The molecule has 0 aliphatic carbocycles. The number of carbonyl (C=O) groups excluding carboxylic acids is 3. The van der Waals surface area contributed by atoms with E-state index in [0.29, 0.717) is 26.9 Å². The van der Waals surface area contributed by atoms with Crippen molar-refractivity contribution in [1.82, 2.24) is 0 Å². The Labute approximate surface area is 166 Å². The van der Waals surface area contributed by atoms with Crippen LogP contribution in [-0.4, -0.2) is 23.8 Å². The molecule has 0 aromatic heterocycles. The minimum absolute atomic E-state index is 0.113. The number of carbonyl (C=O) groups is 3. The van der Waals surface area contributed by atoms with Crippen molar-refractivity contribution >= 4 is 52.6 Å². The maximum Gasteiger partial charge on any atom is 0.331 e. The lowest BCUT2D eigenvalue weighted by Crippen LogP contribution is -2.29. The number of ether oxygens (including phenoxy) is 1. The van der Waals surface area contributed by atoms with Gasteiger partial charge in [0.25, 0.3) is 5.91 Å². The number of hydrogen-bond acceptors (Lipinski definition) is 4. The summed E-state index contributed by atoms with van der Waals surface area (Å²) in [6.45, 7) is 2.89. The summed E-state index contributed by atoms with van der Waals surface area (Å²) >= 11 is 11.7. The fourth-order valence-electron chi connectivity index (χ4n) is 2.11. The van der Waals surface area contributed by atoms with Crippen molar-refractivity contribution < 1.29 is 19.1 Å². The van der Waals surface area contributed by atoms with Crippen molar-refractivity contribution in [3.63, 3.8) is 0 Å². The average molecular weight is 406 g/mol. The van der Waals surface area contributed by atoms with Crippen LogP contribution in [0.25, 0.3) is 6.08 Å². The number of esters is 1. The van der Waals surface area contributed by atoms with Gasteiger partial charge in [-0.05, 0) is 49.8 Å². The summed E-state index contributed by atoms with van der Waals surface area (Å²) in [6.07, 6.45) is 1.68. The molecule has 5 nitrogen and oxygen atoms in total.